The molecule has 7 heteroatoms. The maximum atomic E-state index is 13.5. The Morgan fingerprint density at radius 3 is 2.34 bits per heavy atom. The van der Waals surface area contributed by atoms with Crippen LogP contribution in [0.25, 0.3) is 0 Å². The number of carbonyl (C=O) groups is 1. The minimum Gasteiger partial charge on any atom is -0.550 e. The molecular formula is C28H31FN2O3S. The number of hydrogen-bond donors (Lipinski definition) is 0. The summed E-state index contributed by atoms with van der Waals surface area (Å²) in [5, 5.41) is 11.0. The Kier molecular flexibility index (Phi) is 9.76. The van der Waals surface area contributed by atoms with E-state index < -0.39 is 5.97 Å². The van der Waals surface area contributed by atoms with Crippen molar-refractivity contribution in [2.75, 3.05) is 0 Å². The molecule has 2 aromatic heterocycles. The van der Waals surface area contributed by atoms with Gasteiger partial charge in [0.1, 0.15) is 30.9 Å². The molecule has 0 aliphatic heterocycles. The smallest absolute Gasteiger partial charge is 0.244 e. The van der Waals surface area contributed by atoms with Crippen molar-refractivity contribution in [2.45, 2.75) is 52.0 Å². The van der Waals surface area contributed by atoms with Gasteiger partial charge in [-0.05, 0) is 43.8 Å². The first-order valence-corrected chi connectivity index (χ1v) is 12.5. The van der Waals surface area contributed by atoms with Crippen molar-refractivity contribution in [3.05, 3.63) is 113 Å². The minimum absolute atomic E-state index is 0.0109. The summed E-state index contributed by atoms with van der Waals surface area (Å²) in [6.07, 6.45) is 7.47. The summed E-state index contributed by atoms with van der Waals surface area (Å²) in [7, 11) is 0. The molecule has 3 unspecified atom stereocenters. The van der Waals surface area contributed by atoms with Gasteiger partial charge in [0.15, 0.2) is 6.04 Å². The Labute approximate surface area is 210 Å². The van der Waals surface area contributed by atoms with Gasteiger partial charge in [-0.25, -0.2) is 13.5 Å². The summed E-state index contributed by atoms with van der Waals surface area (Å²) in [4.78, 5) is 10.1. The SMILES string of the molecule is CC(=O)[O-].CCC(C)OC(Cn1cc[n+](C(c2ccccc2)c2ccc(F)cc2)c1)c1cccs1. The van der Waals surface area contributed by atoms with Crippen molar-refractivity contribution < 1.29 is 23.6 Å². The highest BCUT2D eigenvalue weighted by molar-refractivity contribution is 7.10. The molecule has 0 saturated heterocycles. The molecule has 0 aliphatic rings. The average molecular weight is 495 g/mol. The van der Waals surface area contributed by atoms with Gasteiger partial charge >= 0.3 is 0 Å². The number of aromatic nitrogens is 2. The van der Waals surface area contributed by atoms with E-state index in [1.807, 2.05) is 30.3 Å². The molecule has 184 valence electrons. The number of imidazole rings is 1. The highest BCUT2D eigenvalue weighted by atomic mass is 32.1. The van der Waals surface area contributed by atoms with E-state index in [2.05, 4.69) is 71.3 Å². The van der Waals surface area contributed by atoms with Gasteiger partial charge in [-0.15, -0.1) is 11.3 Å². The van der Waals surface area contributed by atoms with Gasteiger partial charge in [-0.1, -0.05) is 55.5 Å². The van der Waals surface area contributed by atoms with E-state index in [4.69, 9.17) is 14.6 Å². The van der Waals surface area contributed by atoms with Crippen molar-refractivity contribution in [3.63, 3.8) is 0 Å². The lowest BCUT2D eigenvalue weighted by Crippen LogP contribution is -2.39. The molecule has 35 heavy (non-hydrogen) atoms. The van der Waals surface area contributed by atoms with Crippen LogP contribution in [0.5, 0.6) is 0 Å². The molecule has 2 aromatic carbocycles. The zero-order valence-corrected chi connectivity index (χ0v) is 21.0. The second kappa shape index (κ2) is 13.0. The van der Waals surface area contributed by atoms with E-state index in [1.165, 1.54) is 17.0 Å². The van der Waals surface area contributed by atoms with Crippen LogP contribution in [0.15, 0.2) is 90.8 Å². The van der Waals surface area contributed by atoms with Crippen LogP contribution >= 0.6 is 11.3 Å². The number of aliphatic carboxylic acids is 1. The Hall–Kier alpha value is -3.29. The molecule has 0 spiro atoms. The summed E-state index contributed by atoms with van der Waals surface area (Å²) >= 11 is 1.73. The first-order chi connectivity index (χ1) is 16.9. The highest BCUT2D eigenvalue weighted by Crippen LogP contribution is 2.27. The molecule has 0 aliphatic carbocycles. The van der Waals surface area contributed by atoms with Gasteiger partial charge in [0.2, 0.25) is 6.33 Å². The van der Waals surface area contributed by atoms with Crippen molar-refractivity contribution in [2.24, 2.45) is 0 Å². The Bertz CT molecular complexity index is 1160. The van der Waals surface area contributed by atoms with E-state index in [1.54, 1.807) is 11.3 Å². The van der Waals surface area contributed by atoms with Gasteiger partial charge in [0.05, 0.1) is 6.10 Å². The lowest BCUT2D eigenvalue weighted by molar-refractivity contribution is -0.704. The van der Waals surface area contributed by atoms with Crippen molar-refractivity contribution in [1.82, 2.24) is 4.57 Å². The summed E-state index contributed by atoms with van der Waals surface area (Å²) in [5.74, 6) is -1.31. The van der Waals surface area contributed by atoms with Gasteiger partial charge in [0, 0.05) is 22.0 Å². The fourth-order valence-corrected chi connectivity index (χ4v) is 4.48. The molecule has 0 radical (unpaired) electrons. The van der Waals surface area contributed by atoms with Crippen molar-refractivity contribution in [1.29, 1.82) is 0 Å². The molecular weight excluding hydrogens is 463 g/mol. The summed E-state index contributed by atoms with van der Waals surface area (Å²) in [6, 6.07) is 21.3. The van der Waals surface area contributed by atoms with Crippen LogP contribution in [-0.4, -0.2) is 16.6 Å². The fraction of sp³-hybridized carbons (Fsp3) is 0.286. The van der Waals surface area contributed by atoms with Crippen LogP contribution in [0.3, 0.4) is 0 Å². The number of rotatable bonds is 9. The molecule has 0 fully saturated rings. The maximum absolute atomic E-state index is 13.5. The first kappa shape index (κ1) is 26.3. The highest BCUT2D eigenvalue weighted by Gasteiger charge is 2.24. The normalized spacial score (nSPS) is 13.4. The van der Waals surface area contributed by atoms with Crippen LogP contribution < -0.4 is 9.67 Å². The third-order valence-corrected chi connectivity index (χ3v) is 6.48. The topological polar surface area (TPSA) is 58.2 Å². The Morgan fingerprint density at radius 1 is 1.09 bits per heavy atom. The lowest BCUT2D eigenvalue weighted by atomic mass is 9.98. The van der Waals surface area contributed by atoms with Gasteiger partial charge < -0.3 is 14.6 Å². The number of thiophene rings is 1. The van der Waals surface area contributed by atoms with Crippen LogP contribution in [-0.2, 0) is 16.1 Å². The average Bonchev–Trinajstić information content (AvgIpc) is 3.53. The van der Waals surface area contributed by atoms with Crippen LogP contribution in [0, 0.1) is 5.82 Å². The standard InChI is InChI=1S/C26H28FN2OS.C2H4O2/c1-3-20(2)30-24(25-10-7-17-31-25)18-28-15-16-29(19-28)26(21-8-5-4-6-9-21)22-11-13-23(27)14-12-22;1-2(3)4/h4-17,19-20,24,26H,3,18H2,1-2H3;1H3,(H,3,4)/q+1;/p-1. The molecule has 5 nitrogen and oxygen atoms in total. The van der Waals surface area contributed by atoms with Crippen LogP contribution in [0.2, 0.25) is 0 Å². The monoisotopic (exact) mass is 494 g/mol. The van der Waals surface area contributed by atoms with E-state index in [-0.39, 0.29) is 24.1 Å². The number of halogens is 1. The molecule has 3 atom stereocenters. The van der Waals surface area contributed by atoms with E-state index >= 15 is 0 Å². The van der Waals surface area contributed by atoms with Gasteiger partial charge in [0.25, 0.3) is 0 Å². The second-order valence-electron chi connectivity index (χ2n) is 8.27. The second-order valence-corrected chi connectivity index (χ2v) is 9.25. The molecule has 0 saturated carbocycles. The molecule has 4 aromatic rings. The third kappa shape index (κ3) is 7.87. The first-order valence-electron chi connectivity index (χ1n) is 11.6. The quantitative estimate of drug-likeness (QED) is 0.310. The lowest BCUT2D eigenvalue weighted by Gasteiger charge is -2.19. The number of carboxylic acid groups (broad SMARTS) is 1. The predicted octanol–water partition coefficient (Wildman–Crippen LogP) is 4.93. The molecule has 0 bridgehead atoms. The van der Waals surface area contributed by atoms with Crippen LogP contribution in [0.1, 0.15) is 55.3 Å². The van der Waals surface area contributed by atoms with Gasteiger partial charge in [-0.3, -0.25) is 0 Å². The van der Waals surface area contributed by atoms with Crippen molar-refractivity contribution >= 4 is 17.3 Å². The summed E-state index contributed by atoms with van der Waals surface area (Å²) in [5.41, 5.74) is 2.20. The third-order valence-electron chi connectivity index (χ3n) is 5.52. The Morgan fingerprint density at radius 2 is 1.74 bits per heavy atom. The maximum Gasteiger partial charge on any atom is 0.244 e. The zero-order valence-electron chi connectivity index (χ0n) is 20.2. The number of carboxylic acids is 1. The number of carbonyl (C=O) groups excluding carboxylic acids is 1. The summed E-state index contributed by atoms with van der Waals surface area (Å²) in [6.45, 7) is 5.98. The number of nitrogens with zero attached hydrogens (tertiary/aromatic N) is 2. The minimum atomic E-state index is -1.08. The predicted molar refractivity (Wildman–Crippen MR) is 133 cm³/mol. The molecule has 0 amide bonds. The summed E-state index contributed by atoms with van der Waals surface area (Å²) < 4.78 is 24.2. The number of ether oxygens (including phenoxy) is 1. The Balaban J connectivity index is 0.000000795. The van der Waals surface area contributed by atoms with Gasteiger partial charge in [-0.2, -0.15) is 0 Å². The zero-order chi connectivity index (χ0) is 25.2. The number of benzene rings is 2. The largest absolute Gasteiger partial charge is 0.550 e. The van der Waals surface area contributed by atoms with Crippen molar-refractivity contribution in [3.8, 4) is 0 Å². The number of hydrogen-bond acceptors (Lipinski definition) is 4. The van der Waals surface area contributed by atoms with E-state index in [0.29, 0.717) is 0 Å². The molecule has 4 rings (SSSR count). The van der Waals surface area contributed by atoms with E-state index in [0.717, 1.165) is 31.0 Å². The molecule has 0 N–H and O–H groups in total. The van der Waals surface area contributed by atoms with E-state index in [9.17, 15) is 4.39 Å². The molecule has 2 heterocycles. The van der Waals surface area contributed by atoms with Crippen LogP contribution in [0.4, 0.5) is 4.39 Å². The fourth-order valence-electron chi connectivity index (χ4n) is 3.73.